The van der Waals surface area contributed by atoms with E-state index in [1.807, 2.05) is 12.1 Å². The van der Waals surface area contributed by atoms with E-state index in [1.54, 1.807) is 6.20 Å². The average molecular weight is 350 g/mol. The number of pyridine rings is 1. The van der Waals surface area contributed by atoms with E-state index in [0.29, 0.717) is 11.3 Å². The van der Waals surface area contributed by atoms with E-state index in [9.17, 15) is 9.90 Å². The van der Waals surface area contributed by atoms with Crippen molar-refractivity contribution in [1.29, 1.82) is 0 Å². The van der Waals surface area contributed by atoms with Gasteiger partial charge in [0.2, 0.25) is 0 Å². The molecule has 0 unspecified atom stereocenters. The van der Waals surface area contributed by atoms with Gasteiger partial charge in [0.25, 0.3) is 0 Å². The standard InChI is InChI=1S/C20H22N4O2/c25-20(26)17-11-22-19-16(8-9-21-19)18(17)23-15-7-4-10-24(13-15)12-14-5-2-1-3-6-14/h1-3,5-6,8-9,11,15H,4,7,10,12-13H2,(H,25,26)(H2,21,22,23)/t15-/m1/s1. The lowest BCUT2D eigenvalue weighted by Gasteiger charge is -2.34. The fourth-order valence-corrected chi connectivity index (χ4v) is 3.69. The third kappa shape index (κ3) is 3.41. The second kappa shape index (κ2) is 7.17. The number of carboxylic acids is 1. The van der Waals surface area contributed by atoms with Gasteiger partial charge in [-0.2, -0.15) is 0 Å². The molecule has 0 radical (unpaired) electrons. The van der Waals surface area contributed by atoms with Crippen LogP contribution in [0.5, 0.6) is 0 Å². The quantitative estimate of drug-likeness (QED) is 0.657. The first-order valence-electron chi connectivity index (χ1n) is 8.93. The summed E-state index contributed by atoms with van der Waals surface area (Å²) in [5.74, 6) is -0.958. The van der Waals surface area contributed by atoms with Gasteiger partial charge in [0, 0.05) is 36.9 Å². The monoisotopic (exact) mass is 350 g/mol. The number of aromatic nitrogens is 2. The Labute approximate surface area is 151 Å². The predicted octanol–water partition coefficient (Wildman–Crippen LogP) is 3.34. The Kier molecular flexibility index (Phi) is 4.58. The number of hydrogen-bond acceptors (Lipinski definition) is 4. The van der Waals surface area contributed by atoms with Crippen molar-refractivity contribution in [3.63, 3.8) is 0 Å². The third-order valence-electron chi connectivity index (χ3n) is 4.92. The van der Waals surface area contributed by atoms with Gasteiger partial charge < -0.3 is 15.4 Å². The molecule has 6 nitrogen and oxygen atoms in total. The number of piperidine rings is 1. The second-order valence-corrected chi connectivity index (χ2v) is 6.80. The van der Waals surface area contributed by atoms with Crippen LogP contribution >= 0.6 is 0 Å². The van der Waals surface area contributed by atoms with E-state index >= 15 is 0 Å². The first-order valence-corrected chi connectivity index (χ1v) is 8.93. The third-order valence-corrected chi connectivity index (χ3v) is 4.92. The smallest absolute Gasteiger partial charge is 0.339 e. The van der Waals surface area contributed by atoms with Gasteiger partial charge in [0.1, 0.15) is 11.2 Å². The highest BCUT2D eigenvalue weighted by atomic mass is 16.4. The number of hydrogen-bond donors (Lipinski definition) is 3. The first-order chi connectivity index (χ1) is 12.7. The molecule has 6 heteroatoms. The highest BCUT2D eigenvalue weighted by Crippen LogP contribution is 2.28. The Morgan fingerprint density at radius 1 is 1.31 bits per heavy atom. The number of nitrogens with one attached hydrogen (secondary N) is 2. The van der Waals surface area contributed by atoms with E-state index in [-0.39, 0.29) is 11.6 Å². The van der Waals surface area contributed by atoms with Crippen LogP contribution in [0.3, 0.4) is 0 Å². The summed E-state index contributed by atoms with van der Waals surface area (Å²) < 4.78 is 0. The summed E-state index contributed by atoms with van der Waals surface area (Å²) in [4.78, 5) is 21.3. The van der Waals surface area contributed by atoms with Crippen molar-refractivity contribution in [3.05, 3.63) is 59.9 Å². The Balaban J connectivity index is 1.53. The number of aromatic amines is 1. The van der Waals surface area contributed by atoms with Gasteiger partial charge in [-0.25, -0.2) is 9.78 Å². The minimum absolute atomic E-state index is 0.214. The number of anilines is 1. The number of fused-ring (bicyclic) bond motifs is 1. The zero-order chi connectivity index (χ0) is 17.9. The van der Waals surface area contributed by atoms with Crippen LogP contribution in [-0.2, 0) is 6.54 Å². The molecule has 1 saturated heterocycles. The molecule has 3 heterocycles. The summed E-state index contributed by atoms with van der Waals surface area (Å²) in [6, 6.07) is 12.5. The Morgan fingerprint density at radius 2 is 2.15 bits per heavy atom. The molecule has 0 amide bonds. The van der Waals surface area contributed by atoms with Crippen molar-refractivity contribution in [2.45, 2.75) is 25.4 Å². The summed E-state index contributed by atoms with van der Waals surface area (Å²) in [6.07, 6.45) is 5.33. The molecule has 1 aliphatic rings. The molecule has 1 aliphatic heterocycles. The van der Waals surface area contributed by atoms with Gasteiger partial charge >= 0.3 is 5.97 Å². The number of rotatable bonds is 5. The minimum Gasteiger partial charge on any atom is -0.478 e. The molecule has 2 aromatic heterocycles. The highest BCUT2D eigenvalue weighted by molar-refractivity contribution is 6.03. The number of nitrogens with zero attached hydrogens (tertiary/aromatic N) is 2. The van der Waals surface area contributed by atoms with Gasteiger partial charge in [-0.15, -0.1) is 0 Å². The maximum absolute atomic E-state index is 11.6. The minimum atomic E-state index is -0.958. The lowest BCUT2D eigenvalue weighted by atomic mass is 10.0. The molecular weight excluding hydrogens is 328 g/mol. The Morgan fingerprint density at radius 3 is 2.96 bits per heavy atom. The summed E-state index contributed by atoms with van der Waals surface area (Å²) in [7, 11) is 0. The normalized spacial score (nSPS) is 18.1. The predicted molar refractivity (Wildman–Crippen MR) is 101 cm³/mol. The van der Waals surface area contributed by atoms with Crippen molar-refractivity contribution in [2.24, 2.45) is 0 Å². The molecule has 1 fully saturated rings. The number of likely N-dealkylation sites (tertiary alicyclic amines) is 1. The van der Waals surface area contributed by atoms with Gasteiger partial charge in [-0.3, -0.25) is 4.90 Å². The zero-order valence-electron chi connectivity index (χ0n) is 14.5. The molecule has 0 bridgehead atoms. The molecule has 3 aromatic rings. The van der Waals surface area contributed by atoms with Gasteiger partial charge in [0.15, 0.2) is 0 Å². The molecule has 0 saturated carbocycles. The van der Waals surface area contributed by atoms with E-state index in [4.69, 9.17) is 0 Å². The second-order valence-electron chi connectivity index (χ2n) is 6.80. The molecule has 134 valence electrons. The van der Waals surface area contributed by atoms with Crippen molar-refractivity contribution in [2.75, 3.05) is 18.4 Å². The molecule has 0 aliphatic carbocycles. The van der Waals surface area contributed by atoms with Crippen LogP contribution in [0.1, 0.15) is 28.8 Å². The number of aromatic carboxylic acids is 1. The maximum Gasteiger partial charge on any atom is 0.339 e. The van der Waals surface area contributed by atoms with E-state index in [0.717, 1.165) is 37.9 Å². The highest BCUT2D eigenvalue weighted by Gasteiger charge is 2.23. The number of H-pyrrole nitrogens is 1. The molecule has 3 N–H and O–H groups in total. The maximum atomic E-state index is 11.6. The van der Waals surface area contributed by atoms with Gasteiger partial charge in [-0.05, 0) is 31.0 Å². The van der Waals surface area contributed by atoms with Crippen molar-refractivity contribution in [1.82, 2.24) is 14.9 Å². The molecule has 4 rings (SSSR count). The first kappa shape index (κ1) is 16.6. The van der Waals surface area contributed by atoms with E-state index in [2.05, 4.69) is 44.5 Å². The lowest BCUT2D eigenvalue weighted by Crippen LogP contribution is -2.41. The fourth-order valence-electron chi connectivity index (χ4n) is 3.69. The van der Waals surface area contributed by atoms with Crippen molar-refractivity contribution < 1.29 is 9.90 Å². The molecule has 1 aromatic carbocycles. The summed E-state index contributed by atoms with van der Waals surface area (Å²) in [5, 5.41) is 13.9. The summed E-state index contributed by atoms with van der Waals surface area (Å²) >= 11 is 0. The molecule has 0 spiro atoms. The zero-order valence-corrected chi connectivity index (χ0v) is 14.5. The van der Waals surface area contributed by atoms with E-state index < -0.39 is 5.97 Å². The molecule has 26 heavy (non-hydrogen) atoms. The summed E-state index contributed by atoms with van der Waals surface area (Å²) in [5.41, 5.74) is 2.89. The summed E-state index contributed by atoms with van der Waals surface area (Å²) in [6.45, 7) is 2.87. The van der Waals surface area contributed by atoms with Crippen LogP contribution < -0.4 is 5.32 Å². The van der Waals surface area contributed by atoms with E-state index in [1.165, 1.54) is 11.8 Å². The van der Waals surface area contributed by atoms with Crippen LogP contribution in [0.2, 0.25) is 0 Å². The van der Waals surface area contributed by atoms with Crippen LogP contribution in [0.25, 0.3) is 11.0 Å². The van der Waals surface area contributed by atoms with Crippen LogP contribution in [0.15, 0.2) is 48.8 Å². The average Bonchev–Trinajstić information content (AvgIpc) is 3.12. The molecule has 1 atom stereocenters. The number of carbonyl (C=O) groups is 1. The lowest BCUT2D eigenvalue weighted by molar-refractivity contribution is 0.0697. The SMILES string of the molecule is O=C(O)c1cnc2[nH]ccc2c1N[C@@H]1CCCN(Cc2ccccc2)C1. The Hall–Kier alpha value is -2.86. The fraction of sp³-hybridized carbons (Fsp3) is 0.300. The largest absolute Gasteiger partial charge is 0.478 e. The van der Waals surface area contributed by atoms with Crippen molar-refractivity contribution in [3.8, 4) is 0 Å². The van der Waals surface area contributed by atoms with Gasteiger partial charge in [0.05, 0.1) is 5.69 Å². The van der Waals surface area contributed by atoms with Gasteiger partial charge in [-0.1, -0.05) is 30.3 Å². The van der Waals surface area contributed by atoms with Crippen LogP contribution in [0, 0.1) is 0 Å². The number of carboxylic acid groups (broad SMARTS) is 1. The van der Waals surface area contributed by atoms with Crippen molar-refractivity contribution >= 4 is 22.7 Å². The molecular formula is C20H22N4O2. The Bertz CT molecular complexity index is 907. The van der Waals surface area contributed by atoms with Crippen LogP contribution in [0.4, 0.5) is 5.69 Å². The number of benzene rings is 1. The van der Waals surface area contributed by atoms with Crippen LogP contribution in [-0.4, -0.2) is 45.1 Å². The topological polar surface area (TPSA) is 81.2 Å².